The number of hydrogen-bond donors (Lipinski definition) is 1. The highest BCUT2D eigenvalue weighted by molar-refractivity contribution is 6.46. The second kappa shape index (κ2) is 8.67. The zero-order valence-corrected chi connectivity index (χ0v) is 15.8. The summed E-state index contributed by atoms with van der Waals surface area (Å²) in [6.07, 6.45) is 3.17. The summed E-state index contributed by atoms with van der Waals surface area (Å²) < 4.78 is 10.6. The summed E-state index contributed by atoms with van der Waals surface area (Å²) in [6.45, 7) is 2.83. The van der Waals surface area contributed by atoms with Crippen LogP contribution in [0.5, 0.6) is 5.75 Å². The predicted octanol–water partition coefficient (Wildman–Crippen LogP) is 2.55. The summed E-state index contributed by atoms with van der Waals surface area (Å²) in [4.78, 5) is 30.8. The van der Waals surface area contributed by atoms with E-state index in [1.165, 1.54) is 12.0 Å². The molecule has 28 heavy (non-hydrogen) atoms. The average Bonchev–Trinajstić information content (AvgIpc) is 2.97. The van der Waals surface area contributed by atoms with Gasteiger partial charge in [-0.1, -0.05) is 12.1 Å². The van der Waals surface area contributed by atoms with Gasteiger partial charge in [0.2, 0.25) is 0 Å². The Morgan fingerprint density at radius 1 is 1.21 bits per heavy atom. The van der Waals surface area contributed by atoms with Crippen LogP contribution in [0.15, 0.2) is 54.4 Å². The van der Waals surface area contributed by atoms with Crippen molar-refractivity contribution in [2.45, 2.75) is 13.0 Å². The van der Waals surface area contributed by atoms with Gasteiger partial charge in [-0.15, -0.1) is 0 Å². The number of carbonyl (C=O) groups is 2. The molecule has 0 radical (unpaired) electrons. The number of aromatic nitrogens is 1. The summed E-state index contributed by atoms with van der Waals surface area (Å²) in [5.74, 6) is -1.05. The number of rotatable bonds is 7. The van der Waals surface area contributed by atoms with Gasteiger partial charge in [-0.05, 0) is 36.8 Å². The van der Waals surface area contributed by atoms with E-state index in [4.69, 9.17) is 9.47 Å². The molecule has 7 nitrogen and oxygen atoms in total. The number of carbonyl (C=O) groups excluding carboxylic acids is 2. The normalized spacial score (nSPS) is 18.5. The SMILES string of the molecule is CCOc1cccc(/C(O)=C2\C(=O)C(=O)N(CCOC)[C@H]2c2ccncc2)c1. The number of pyridine rings is 1. The van der Waals surface area contributed by atoms with E-state index in [-0.39, 0.29) is 24.5 Å². The number of amides is 1. The van der Waals surface area contributed by atoms with E-state index in [0.29, 0.717) is 23.5 Å². The van der Waals surface area contributed by atoms with Crippen LogP contribution < -0.4 is 4.74 Å². The second-order valence-electron chi connectivity index (χ2n) is 6.23. The molecular formula is C21H22N2O5. The number of likely N-dealkylation sites (tertiary alicyclic amines) is 1. The molecule has 0 unspecified atom stereocenters. The molecule has 146 valence electrons. The van der Waals surface area contributed by atoms with Crippen LogP contribution in [-0.2, 0) is 14.3 Å². The number of benzene rings is 1. The van der Waals surface area contributed by atoms with E-state index in [2.05, 4.69) is 4.98 Å². The Labute approximate surface area is 163 Å². The van der Waals surface area contributed by atoms with Crippen LogP contribution in [-0.4, -0.2) is 53.5 Å². The van der Waals surface area contributed by atoms with Crippen molar-refractivity contribution in [3.8, 4) is 5.75 Å². The standard InChI is InChI=1S/C21H22N2O5/c1-3-28-16-6-4-5-15(13-16)19(24)17-18(14-7-9-22-10-8-14)23(11-12-27-2)21(26)20(17)25/h4-10,13,18,24H,3,11-12H2,1-2H3/b19-17+/t18-/m0/s1. The van der Waals surface area contributed by atoms with Gasteiger partial charge in [0.1, 0.15) is 11.5 Å². The van der Waals surface area contributed by atoms with Gasteiger partial charge in [-0.2, -0.15) is 0 Å². The summed E-state index contributed by atoms with van der Waals surface area (Å²) >= 11 is 0. The van der Waals surface area contributed by atoms with E-state index < -0.39 is 17.7 Å². The third-order valence-electron chi connectivity index (χ3n) is 4.52. The molecule has 1 atom stereocenters. The fraction of sp³-hybridized carbons (Fsp3) is 0.286. The highest BCUT2D eigenvalue weighted by Crippen LogP contribution is 2.39. The van der Waals surface area contributed by atoms with Gasteiger partial charge >= 0.3 is 0 Å². The number of aliphatic hydroxyl groups is 1. The van der Waals surface area contributed by atoms with Crippen LogP contribution in [0.4, 0.5) is 0 Å². The van der Waals surface area contributed by atoms with Crippen molar-refractivity contribution in [2.24, 2.45) is 0 Å². The van der Waals surface area contributed by atoms with Crippen molar-refractivity contribution in [3.05, 3.63) is 65.5 Å². The lowest BCUT2D eigenvalue weighted by Crippen LogP contribution is -2.32. The first-order valence-corrected chi connectivity index (χ1v) is 8.99. The van der Waals surface area contributed by atoms with Gasteiger partial charge in [0.05, 0.1) is 24.8 Å². The molecule has 2 aromatic rings. The van der Waals surface area contributed by atoms with Crippen molar-refractivity contribution in [3.63, 3.8) is 0 Å². The first-order valence-electron chi connectivity index (χ1n) is 8.99. The number of ether oxygens (including phenoxy) is 2. The molecule has 0 aliphatic carbocycles. The highest BCUT2D eigenvalue weighted by Gasteiger charge is 2.45. The third kappa shape index (κ3) is 3.75. The fourth-order valence-electron chi connectivity index (χ4n) is 3.25. The summed E-state index contributed by atoms with van der Waals surface area (Å²) in [6, 6.07) is 9.53. The number of hydrogen-bond acceptors (Lipinski definition) is 6. The smallest absolute Gasteiger partial charge is 0.295 e. The molecule has 1 aliphatic rings. The molecular weight excluding hydrogens is 360 g/mol. The molecule has 0 bridgehead atoms. The van der Waals surface area contributed by atoms with E-state index in [1.807, 2.05) is 6.92 Å². The molecule has 3 rings (SSSR count). The average molecular weight is 382 g/mol. The zero-order valence-electron chi connectivity index (χ0n) is 15.8. The van der Waals surface area contributed by atoms with E-state index >= 15 is 0 Å². The van der Waals surface area contributed by atoms with Crippen LogP contribution in [0, 0.1) is 0 Å². The highest BCUT2D eigenvalue weighted by atomic mass is 16.5. The molecule has 1 fully saturated rings. The maximum atomic E-state index is 12.8. The van der Waals surface area contributed by atoms with Crippen LogP contribution >= 0.6 is 0 Å². The Bertz CT molecular complexity index is 895. The van der Waals surface area contributed by atoms with Crippen molar-refractivity contribution in [1.29, 1.82) is 0 Å². The lowest BCUT2D eigenvalue weighted by atomic mass is 9.96. The quantitative estimate of drug-likeness (QED) is 0.450. The Morgan fingerprint density at radius 3 is 2.64 bits per heavy atom. The van der Waals surface area contributed by atoms with Crippen LogP contribution in [0.25, 0.3) is 5.76 Å². The topological polar surface area (TPSA) is 89.0 Å². The van der Waals surface area contributed by atoms with Gasteiger partial charge in [-0.3, -0.25) is 14.6 Å². The molecule has 2 heterocycles. The van der Waals surface area contributed by atoms with Gasteiger partial charge in [0.25, 0.3) is 11.7 Å². The molecule has 7 heteroatoms. The maximum Gasteiger partial charge on any atom is 0.295 e. The van der Waals surface area contributed by atoms with E-state index in [1.54, 1.807) is 48.8 Å². The predicted molar refractivity (Wildman–Crippen MR) is 103 cm³/mol. The lowest BCUT2D eigenvalue weighted by molar-refractivity contribution is -0.140. The summed E-state index contributed by atoms with van der Waals surface area (Å²) in [5, 5.41) is 11.0. The Hall–Kier alpha value is -3.19. The van der Waals surface area contributed by atoms with Crippen molar-refractivity contribution in [1.82, 2.24) is 9.88 Å². The minimum Gasteiger partial charge on any atom is -0.507 e. The van der Waals surface area contributed by atoms with Crippen molar-refractivity contribution >= 4 is 17.4 Å². The van der Waals surface area contributed by atoms with E-state index in [0.717, 1.165) is 0 Å². The molecule has 1 aromatic heterocycles. The Balaban J connectivity index is 2.12. The van der Waals surface area contributed by atoms with Crippen LogP contribution in [0.1, 0.15) is 24.1 Å². The molecule has 1 N–H and O–H groups in total. The number of ketones is 1. The molecule has 0 spiro atoms. The van der Waals surface area contributed by atoms with Crippen LogP contribution in [0.3, 0.4) is 0 Å². The maximum absolute atomic E-state index is 12.8. The monoisotopic (exact) mass is 382 g/mol. The fourth-order valence-corrected chi connectivity index (χ4v) is 3.25. The Morgan fingerprint density at radius 2 is 1.96 bits per heavy atom. The third-order valence-corrected chi connectivity index (χ3v) is 4.52. The Kier molecular flexibility index (Phi) is 6.06. The molecule has 1 aliphatic heterocycles. The van der Waals surface area contributed by atoms with Crippen LogP contribution in [0.2, 0.25) is 0 Å². The first-order chi connectivity index (χ1) is 13.6. The van der Waals surface area contributed by atoms with Crippen molar-refractivity contribution in [2.75, 3.05) is 26.9 Å². The number of Topliss-reactive ketones (excluding diaryl/α,β-unsaturated/α-hetero) is 1. The van der Waals surface area contributed by atoms with Gasteiger partial charge in [0, 0.05) is 31.6 Å². The van der Waals surface area contributed by atoms with E-state index in [9.17, 15) is 14.7 Å². The molecule has 0 saturated carbocycles. The number of nitrogens with zero attached hydrogens (tertiary/aromatic N) is 2. The number of aliphatic hydroxyl groups excluding tert-OH is 1. The summed E-state index contributed by atoms with van der Waals surface area (Å²) in [5.41, 5.74) is 1.14. The second-order valence-corrected chi connectivity index (χ2v) is 6.23. The number of methoxy groups -OCH3 is 1. The summed E-state index contributed by atoms with van der Waals surface area (Å²) in [7, 11) is 1.53. The van der Waals surface area contributed by atoms with Gasteiger partial charge < -0.3 is 19.5 Å². The first kappa shape index (κ1) is 19.6. The van der Waals surface area contributed by atoms with Gasteiger partial charge in [-0.25, -0.2) is 0 Å². The van der Waals surface area contributed by atoms with Gasteiger partial charge in [0.15, 0.2) is 0 Å². The largest absolute Gasteiger partial charge is 0.507 e. The zero-order chi connectivity index (χ0) is 20.1. The molecule has 1 aromatic carbocycles. The van der Waals surface area contributed by atoms with Crippen molar-refractivity contribution < 1.29 is 24.2 Å². The minimum atomic E-state index is -0.725. The molecule has 1 amide bonds. The molecule has 1 saturated heterocycles. The lowest BCUT2D eigenvalue weighted by Gasteiger charge is -2.24. The minimum absolute atomic E-state index is 0.0425.